The number of ether oxygens (including phenoxy) is 3. The van der Waals surface area contributed by atoms with Gasteiger partial charge in [-0.15, -0.1) is 11.6 Å². The summed E-state index contributed by atoms with van der Waals surface area (Å²) in [4.78, 5) is 0. The van der Waals surface area contributed by atoms with Crippen molar-refractivity contribution in [2.45, 2.75) is 26.1 Å². The Morgan fingerprint density at radius 1 is 1.33 bits per heavy atom. The van der Waals surface area contributed by atoms with Crippen LogP contribution in [0.4, 0.5) is 0 Å². The molecule has 0 saturated heterocycles. The lowest BCUT2D eigenvalue weighted by Gasteiger charge is -2.17. The van der Waals surface area contributed by atoms with E-state index < -0.39 is 6.29 Å². The number of methoxy groups -OCH3 is 1. The first-order valence-corrected chi connectivity index (χ1v) is 6.46. The molecule has 1 aromatic carbocycles. The summed E-state index contributed by atoms with van der Waals surface area (Å²) >= 11 is 5.56. The van der Waals surface area contributed by atoms with Gasteiger partial charge in [-0.1, -0.05) is 6.07 Å². The van der Waals surface area contributed by atoms with Gasteiger partial charge in [0.2, 0.25) is 5.75 Å². The van der Waals surface area contributed by atoms with E-state index in [1.165, 1.54) is 7.11 Å². The van der Waals surface area contributed by atoms with Gasteiger partial charge in [0.15, 0.2) is 17.8 Å². The van der Waals surface area contributed by atoms with Gasteiger partial charge in [0, 0.05) is 12.3 Å². The van der Waals surface area contributed by atoms with Crippen LogP contribution in [0.3, 0.4) is 0 Å². The van der Waals surface area contributed by atoms with Crippen LogP contribution in [0.1, 0.15) is 19.8 Å². The number of para-hydroxylation sites is 1. The second-order valence-corrected chi connectivity index (χ2v) is 4.00. The molecule has 0 saturated carbocycles. The number of aliphatic hydroxyl groups excluding tert-OH is 1. The number of hydrogen-bond donors (Lipinski definition) is 1. The zero-order chi connectivity index (χ0) is 13.4. The standard InChI is InChI=1S/C13H19ClO4/c1-3-17-10-6-4-7-11(13(10)16-2)18-12(15)8-5-9-14/h4,6-7,12,15H,3,5,8-9H2,1-2H3. The van der Waals surface area contributed by atoms with Crippen LogP contribution in [0.15, 0.2) is 18.2 Å². The molecule has 0 aliphatic heterocycles. The van der Waals surface area contributed by atoms with Gasteiger partial charge in [-0.3, -0.25) is 0 Å². The smallest absolute Gasteiger partial charge is 0.203 e. The van der Waals surface area contributed by atoms with Crippen molar-refractivity contribution in [3.63, 3.8) is 0 Å². The van der Waals surface area contributed by atoms with Gasteiger partial charge in [0.1, 0.15) is 0 Å². The quantitative estimate of drug-likeness (QED) is 0.585. The molecule has 0 fully saturated rings. The molecule has 0 radical (unpaired) electrons. The fourth-order valence-corrected chi connectivity index (χ4v) is 1.67. The predicted octanol–water partition coefficient (Wildman–Crippen LogP) is 2.81. The Bertz CT molecular complexity index is 357. The van der Waals surface area contributed by atoms with Crippen molar-refractivity contribution in [2.75, 3.05) is 19.6 Å². The highest BCUT2D eigenvalue weighted by molar-refractivity contribution is 6.17. The molecule has 0 heterocycles. The molecule has 0 aromatic heterocycles. The third-order valence-electron chi connectivity index (χ3n) is 2.29. The van der Waals surface area contributed by atoms with Crippen LogP contribution >= 0.6 is 11.6 Å². The topological polar surface area (TPSA) is 47.9 Å². The summed E-state index contributed by atoms with van der Waals surface area (Å²) in [5.41, 5.74) is 0. The van der Waals surface area contributed by atoms with Crippen LogP contribution in [0.2, 0.25) is 0 Å². The van der Waals surface area contributed by atoms with Crippen molar-refractivity contribution in [1.29, 1.82) is 0 Å². The lowest BCUT2D eigenvalue weighted by molar-refractivity contribution is -0.0248. The summed E-state index contributed by atoms with van der Waals surface area (Å²) in [6.07, 6.45) is 0.274. The van der Waals surface area contributed by atoms with Crippen LogP contribution in [-0.4, -0.2) is 31.0 Å². The molecule has 0 aliphatic carbocycles. The molecule has 0 spiro atoms. The second kappa shape index (κ2) is 8.06. The van der Waals surface area contributed by atoms with Gasteiger partial charge < -0.3 is 19.3 Å². The van der Waals surface area contributed by atoms with E-state index >= 15 is 0 Å². The molecule has 102 valence electrons. The normalized spacial score (nSPS) is 12.0. The number of alkyl halides is 1. The predicted molar refractivity (Wildman–Crippen MR) is 70.8 cm³/mol. The maximum absolute atomic E-state index is 9.70. The second-order valence-electron chi connectivity index (χ2n) is 3.62. The van der Waals surface area contributed by atoms with Crippen molar-refractivity contribution < 1.29 is 19.3 Å². The lowest BCUT2D eigenvalue weighted by Crippen LogP contribution is -2.16. The molecule has 4 nitrogen and oxygen atoms in total. The molecule has 0 bridgehead atoms. The molecule has 1 aromatic rings. The van der Waals surface area contributed by atoms with Gasteiger partial charge in [-0.05, 0) is 25.5 Å². The Balaban J connectivity index is 2.77. The molecule has 1 N–H and O–H groups in total. The van der Waals surface area contributed by atoms with E-state index in [9.17, 15) is 5.11 Å². The van der Waals surface area contributed by atoms with Crippen LogP contribution in [-0.2, 0) is 0 Å². The van der Waals surface area contributed by atoms with E-state index in [2.05, 4.69) is 0 Å². The Morgan fingerprint density at radius 2 is 2.06 bits per heavy atom. The highest BCUT2D eigenvalue weighted by Gasteiger charge is 2.14. The first-order valence-electron chi connectivity index (χ1n) is 5.93. The summed E-state index contributed by atoms with van der Waals surface area (Å²) in [6, 6.07) is 5.31. The van der Waals surface area contributed by atoms with Gasteiger partial charge >= 0.3 is 0 Å². The minimum Gasteiger partial charge on any atom is -0.490 e. The summed E-state index contributed by atoms with van der Waals surface area (Å²) in [5.74, 6) is 2.05. The summed E-state index contributed by atoms with van der Waals surface area (Å²) in [5, 5.41) is 9.70. The van der Waals surface area contributed by atoms with E-state index in [1.807, 2.05) is 6.92 Å². The summed E-state index contributed by atoms with van der Waals surface area (Å²) < 4.78 is 16.1. The number of aliphatic hydroxyl groups is 1. The van der Waals surface area contributed by atoms with Crippen LogP contribution in [0.5, 0.6) is 17.2 Å². The van der Waals surface area contributed by atoms with Crippen LogP contribution in [0.25, 0.3) is 0 Å². The van der Waals surface area contributed by atoms with E-state index in [0.29, 0.717) is 42.6 Å². The largest absolute Gasteiger partial charge is 0.490 e. The zero-order valence-electron chi connectivity index (χ0n) is 10.7. The van der Waals surface area contributed by atoms with E-state index in [4.69, 9.17) is 25.8 Å². The number of halogens is 1. The third kappa shape index (κ3) is 4.27. The lowest BCUT2D eigenvalue weighted by atomic mass is 10.3. The Hall–Kier alpha value is -1.13. The van der Waals surface area contributed by atoms with Crippen LogP contribution in [0, 0.1) is 0 Å². The van der Waals surface area contributed by atoms with Crippen molar-refractivity contribution >= 4 is 11.6 Å². The number of benzene rings is 1. The molecule has 1 unspecified atom stereocenters. The maximum atomic E-state index is 9.70. The first-order chi connectivity index (χ1) is 8.72. The van der Waals surface area contributed by atoms with Crippen molar-refractivity contribution in [1.82, 2.24) is 0 Å². The van der Waals surface area contributed by atoms with Gasteiger partial charge in [0.25, 0.3) is 0 Å². The van der Waals surface area contributed by atoms with E-state index in [-0.39, 0.29) is 0 Å². The number of hydrogen-bond acceptors (Lipinski definition) is 4. The Labute approximate surface area is 112 Å². The van der Waals surface area contributed by atoms with Crippen molar-refractivity contribution in [3.05, 3.63) is 18.2 Å². The third-order valence-corrected chi connectivity index (χ3v) is 2.56. The van der Waals surface area contributed by atoms with Crippen LogP contribution < -0.4 is 14.2 Å². The Kier molecular flexibility index (Phi) is 6.68. The number of rotatable bonds is 8. The molecular formula is C13H19ClO4. The highest BCUT2D eigenvalue weighted by atomic mass is 35.5. The summed E-state index contributed by atoms with van der Waals surface area (Å²) in [7, 11) is 1.54. The monoisotopic (exact) mass is 274 g/mol. The average Bonchev–Trinajstić information content (AvgIpc) is 2.37. The summed E-state index contributed by atoms with van der Waals surface area (Å²) in [6.45, 7) is 2.43. The molecular weight excluding hydrogens is 256 g/mol. The average molecular weight is 275 g/mol. The molecule has 0 aliphatic rings. The molecule has 5 heteroatoms. The molecule has 0 amide bonds. The molecule has 18 heavy (non-hydrogen) atoms. The molecule has 1 atom stereocenters. The minimum atomic E-state index is -0.894. The zero-order valence-corrected chi connectivity index (χ0v) is 11.4. The van der Waals surface area contributed by atoms with E-state index in [1.54, 1.807) is 18.2 Å². The van der Waals surface area contributed by atoms with Crippen molar-refractivity contribution in [3.8, 4) is 17.2 Å². The van der Waals surface area contributed by atoms with Gasteiger partial charge in [0.05, 0.1) is 13.7 Å². The van der Waals surface area contributed by atoms with E-state index in [0.717, 1.165) is 0 Å². The minimum absolute atomic E-state index is 0.463. The fourth-order valence-electron chi connectivity index (χ4n) is 1.52. The van der Waals surface area contributed by atoms with Gasteiger partial charge in [-0.2, -0.15) is 0 Å². The van der Waals surface area contributed by atoms with Gasteiger partial charge in [-0.25, -0.2) is 0 Å². The SMILES string of the molecule is CCOc1cccc(OC(O)CCCCl)c1OC. The first kappa shape index (κ1) is 14.9. The molecule has 1 rings (SSSR count). The highest BCUT2D eigenvalue weighted by Crippen LogP contribution is 2.37. The maximum Gasteiger partial charge on any atom is 0.203 e. The Morgan fingerprint density at radius 3 is 2.67 bits per heavy atom. The van der Waals surface area contributed by atoms with Crippen molar-refractivity contribution in [2.24, 2.45) is 0 Å². The fraction of sp³-hybridized carbons (Fsp3) is 0.538.